The van der Waals surface area contributed by atoms with Crippen LogP contribution in [-0.4, -0.2) is 75.1 Å². The van der Waals surface area contributed by atoms with Crippen molar-refractivity contribution in [3.8, 4) is 0 Å². The van der Waals surface area contributed by atoms with Gasteiger partial charge in [0.15, 0.2) is 0 Å². The highest BCUT2D eigenvalue weighted by Gasteiger charge is 2.31. The number of rotatable bonds is 14. The summed E-state index contributed by atoms with van der Waals surface area (Å²) < 4.78 is 0. The lowest BCUT2D eigenvalue weighted by atomic mass is 10.0. The molecule has 0 heterocycles. The molecule has 1 aromatic carbocycles. The first-order valence-corrected chi connectivity index (χ1v) is 10.3. The molecular weight excluding hydrogens is 452 g/mol. The number of nitrogens with one attached hydrogen (secondary N) is 3. The van der Waals surface area contributed by atoms with Gasteiger partial charge in [0.25, 0.3) is 0 Å². The van der Waals surface area contributed by atoms with Crippen LogP contribution in [0.5, 0.6) is 0 Å². The molecule has 0 aliphatic rings. The molecule has 0 radical (unpaired) electrons. The second kappa shape index (κ2) is 13.5. The van der Waals surface area contributed by atoms with Gasteiger partial charge in [0.2, 0.25) is 17.7 Å². The van der Waals surface area contributed by atoms with Gasteiger partial charge < -0.3 is 37.0 Å². The Labute approximate surface area is 194 Å². The minimum atomic E-state index is -1.60. The van der Waals surface area contributed by atoms with Crippen molar-refractivity contribution in [1.29, 1.82) is 0 Å². The zero-order valence-corrected chi connectivity index (χ0v) is 18.4. The van der Waals surface area contributed by atoms with E-state index in [4.69, 9.17) is 15.9 Å². The fraction of sp³-hybridized carbons (Fsp3) is 0.429. The number of carbonyl (C=O) groups excluding carboxylic acids is 3. The molecule has 186 valence electrons. The lowest BCUT2D eigenvalue weighted by Gasteiger charge is -2.24. The quantitative estimate of drug-likeness (QED) is 0.162. The average molecular weight is 480 g/mol. The predicted octanol–water partition coefficient (Wildman–Crippen LogP) is -1.55. The molecule has 1 aromatic rings. The maximum absolute atomic E-state index is 12.8. The fourth-order valence-electron chi connectivity index (χ4n) is 2.82. The van der Waals surface area contributed by atoms with E-state index in [0.717, 1.165) is 0 Å². The summed E-state index contributed by atoms with van der Waals surface area (Å²) in [5.41, 5.74) is 6.03. The number of hydrogen-bond donors (Lipinski definition) is 7. The van der Waals surface area contributed by atoms with Gasteiger partial charge in [-0.3, -0.25) is 24.0 Å². The molecule has 0 aliphatic heterocycles. The number of aliphatic carboxylic acids is 3. The van der Waals surface area contributed by atoms with Gasteiger partial charge >= 0.3 is 17.9 Å². The summed E-state index contributed by atoms with van der Waals surface area (Å²) in [4.78, 5) is 71.0. The number of benzene rings is 1. The van der Waals surface area contributed by atoms with E-state index in [2.05, 4.69) is 16.0 Å². The second-order valence-electron chi connectivity index (χ2n) is 7.53. The topological polar surface area (TPSA) is 225 Å². The Bertz CT molecular complexity index is 905. The summed E-state index contributed by atoms with van der Waals surface area (Å²) in [6.07, 6.45) is -1.87. The maximum Gasteiger partial charge on any atom is 0.326 e. The smallest absolute Gasteiger partial charge is 0.326 e. The van der Waals surface area contributed by atoms with Crippen LogP contribution in [0.25, 0.3) is 0 Å². The summed E-state index contributed by atoms with van der Waals surface area (Å²) in [5, 5.41) is 34.1. The Kier molecular flexibility index (Phi) is 11.2. The summed E-state index contributed by atoms with van der Waals surface area (Å²) in [6.45, 7) is 1.31. The van der Waals surface area contributed by atoms with Crippen LogP contribution in [0, 0.1) is 0 Å². The minimum absolute atomic E-state index is 0.0758. The number of carboxylic acids is 3. The molecule has 0 saturated heterocycles. The molecule has 3 amide bonds. The standard InChI is InChI=1S/C21H28N4O9/c1-11(22)18(30)24-14(10-17(28)29)20(32)23-13(7-8-16(26)27)19(31)25-15(21(33)34)9-12-5-3-2-4-6-12/h2-6,11,13-15H,7-10,22H2,1H3,(H,23,32)(H,24,30)(H,25,31)(H,26,27)(H,28,29)(H,33,34). The highest BCUT2D eigenvalue weighted by Crippen LogP contribution is 2.06. The van der Waals surface area contributed by atoms with E-state index in [1.807, 2.05) is 0 Å². The largest absolute Gasteiger partial charge is 0.481 e. The number of hydrogen-bond acceptors (Lipinski definition) is 7. The van der Waals surface area contributed by atoms with Gasteiger partial charge in [0, 0.05) is 12.8 Å². The molecule has 0 aliphatic carbocycles. The SMILES string of the molecule is CC(N)C(=O)NC(CC(=O)O)C(=O)NC(CCC(=O)O)C(=O)NC(Cc1ccccc1)C(=O)O. The second-order valence-corrected chi connectivity index (χ2v) is 7.53. The van der Waals surface area contributed by atoms with Gasteiger partial charge in [0.05, 0.1) is 12.5 Å². The van der Waals surface area contributed by atoms with Crippen LogP contribution in [0.1, 0.15) is 31.7 Å². The van der Waals surface area contributed by atoms with Crippen molar-refractivity contribution in [3.05, 3.63) is 35.9 Å². The van der Waals surface area contributed by atoms with Crippen LogP contribution in [0.4, 0.5) is 0 Å². The molecule has 0 fully saturated rings. The molecular formula is C21H28N4O9. The minimum Gasteiger partial charge on any atom is -0.481 e. The lowest BCUT2D eigenvalue weighted by Crippen LogP contribution is -2.57. The first kappa shape index (κ1) is 28.0. The molecule has 1 rings (SSSR count). The van der Waals surface area contributed by atoms with Crippen molar-refractivity contribution in [1.82, 2.24) is 16.0 Å². The van der Waals surface area contributed by atoms with E-state index in [0.29, 0.717) is 5.56 Å². The summed E-state index contributed by atoms with van der Waals surface area (Å²) in [7, 11) is 0. The van der Waals surface area contributed by atoms with Crippen LogP contribution >= 0.6 is 0 Å². The zero-order valence-electron chi connectivity index (χ0n) is 18.4. The number of carboxylic acid groups (broad SMARTS) is 3. The summed E-state index contributed by atoms with van der Waals surface area (Å²) in [5.74, 6) is -6.93. The fourth-order valence-corrected chi connectivity index (χ4v) is 2.82. The first-order chi connectivity index (χ1) is 15.9. The van der Waals surface area contributed by atoms with Crippen LogP contribution in [0.15, 0.2) is 30.3 Å². The van der Waals surface area contributed by atoms with Crippen LogP contribution < -0.4 is 21.7 Å². The van der Waals surface area contributed by atoms with Gasteiger partial charge in [-0.25, -0.2) is 4.79 Å². The van der Waals surface area contributed by atoms with Crippen LogP contribution in [0.3, 0.4) is 0 Å². The Hall–Kier alpha value is -4.00. The molecule has 34 heavy (non-hydrogen) atoms. The summed E-state index contributed by atoms with van der Waals surface area (Å²) >= 11 is 0. The van der Waals surface area contributed by atoms with Gasteiger partial charge in [0.1, 0.15) is 18.1 Å². The van der Waals surface area contributed by atoms with E-state index in [9.17, 15) is 33.9 Å². The van der Waals surface area contributed by atoms with Crippen molar-refractivity contribution in [2.45, 2.75) is 56.8 Å². The Morgan fingerprint density at radius 1 is 0.794 bits per heavy atom. The molecule has 4 atom stereocenters. The van der Waals surface area contributed by atoms with Crippen molar-refractivity contribution in [3.63, 3.8) is 0 Å². The molecule has 0 spiro atoms. The lowest BCUT2D eigenvalue weighted by molar-refractivity contribution is -0.143. The van der Waals surface area contributed by atoms with Gasteiger partial charge in [-0.05, 0) is 18.9 Å². The van der Waals surface area contributed by atoms with E-state index in [1.54, 1.807) is 30.3 Å². The van der Waals surface area contributed by atoms with Crippen molar-refractivity contribution in [2.24, 2.45) is 5.73 Å². The summed E-state index contributed by atoms with van der Waals surface area (Å²) in [6, 6.07) is 2.87. The highest BCUT2D eigenvalue weighted by molar-refractivity contribution is 5.95. The van der Waals surface area contributed by atoms with Gasteiger partial charge in [-0.1, -0.05) is 30.3 Å². The van der Waals surface area contributed by atoms with Gasteiger partial charge in [-0.2, -0.15) is 0 Å². The van der Waals surface area contributed by atoms with E-state index in [-0.39, 0.29) is 6.42 Å². The van der Waals surface area contributed by atoms with E-state index in [1.165, 1.54) is 6.92 Å². The molecule has 4 unspecified atom stereocenters. The zero-order chi connectivity index (χ0) is 25.8. The molecule has 13 nitrogen and oxygen atoms in total. The third-order valence-corrected chi connectivity index (χ3v) is 4.60. The Morgan fingerprint density at radius 3 is 1.82 bits per heavy atom. The first-order valence-electron chi connectivity index (χ1n) is 10.3. The molecule has 0 saturated carbocycles. The van der Waals surface area contributed by atoms with E-state index < -0.39 is 79.1 Å². The highest BCUT2D eigenvalue weighted by atomic mass is 16.4. The number of nitrogens with two attached hydrogens (primary N) is 1. The Morgan fingerprint density at radius 2 is 1.32 bits per heavy atom. The predicted molar refractivity (Wildman–Crippen MR) is 116 cm³/mol. The monoisotopic (exact) mass is 480 g/mol. The van der Waals surface area contributed by atoms with Crippen molar-refractivity contribution < 1.29 is 44.1 Å². The molecule has 8 N–H and O–H groups in total. The molecule has 0 aromatic heterocycles. The number of carbonyl (C=O) groups is 6. The maximum atomic E-state index is 12.8. The third kappa shape index (κ3) is 10.1. The van der Waals surface area contributed by atoms with Crippen molar-refractivity contribution in [2.75, 3.05) is 0 Å². The molecule has 13 heteroatoms. The van der Waals surface area contributed by atoms with Gasteiger partial charge in [-0.15, -0.1) is 0 Å². The normalized spacial score (nSPS) is 14.1. The number of amides is 3. The van der Waals surface area contributed by atoms with Crippen LogP contribution in [-0.2, 0) is 35.2 Å². The third-order valence-electron chi connectivity index (χ3n) is 4.60. The van der Waals surface area contributed by atoms with E-state index >= 15 is 0 Å². The molecule has 0 bridgehead atoms. The van der Waals surface area contributed by atoms with Crippen molar-refractivity contribution >= 4 is 35.6 Å². The Balaban J connectivity index is 3.02. The average Bonchev–Trinajstić information content (AvgIpc) is 2.75. The van der Waals surface area contributed by atoms with Crippen LogP contribution in [0.2, 0.25) is 0 Å².